The average molecular weight is 665 g/mol. The number of carboxylic acids is 4. The van der Waals surface area contributed by atoms with Gasteiger partial charge in [-0.2, -0.15) is 0 Å². The fourth-order valence-electron chi connectivity index (χ4n) is 5.00. The lowest BCUT2D eigenvalue weighted by Crippen LogP contribution is -2.18. The van der Waals surface area contributed by atoms with Crippen LogP contribution >= 0.6 is 0 Å². The highest BCUT2D eigenvalue weighted by atomic mass is 16.5. The average Bonchev–Trinajstić information content (AvgIpc) is 2.97. The van der Waals surface area contributed by atoms with Crippen LogP contribution in [-0.4, -0.2) is 68.7 Å². The fraction of sp³-hybridized carbons (Fsp3) is 0.333. The minimum atomic E-state index is -1.37. The SMILES string of the molecule is CC(C)Oc1c(C(=O)O)c(C(=O)O)c(OC(C)C)c2ccccc12.CC(C)Oc1c(C(=O)O)c(C(=O)O)c(OC(C)C)c2ccccc12. The molecule has 12 heteroatoms. The molecule has 0 unspecified atom stereocenters. The van der Waals surface area contributed by atoms with E-state index in [0.717, 1.165) is 0 Å². The second-order valence-corrected chi connectivity index (χ2v) is 11.8. The van der Waals surface area contributed by atoms with Crippen LogP contribution in [0, 0.1) is 0 Å². The van der Waals surface area contributed by atoms with Crippen LogP contribution in [-0.2, 0) is 0 Å². The third-order valence-corrected chi connectivity index (χ3v) is 6.51. The predicted octanol–water partition coefficient (Wildman–Crippen LogP) is 7.62. The van der Waals surface area contributed by atoms with Crippen LogP contribution in [0.5, 0.6) is 23.0 Å². The predicted molar refractivity (Wildman–Crippen MR) is 179 cm³/mol. The van der Waals surface area contributed by atoms with Gasteiger partial charge in [0.1, 0.15) is 45.3 Å². The molecule has 0 aliphatic carbocycles. The molecule has 0 spiro atoms. The lowest BCUT2D eigenvalue weighted by Gasteiger charge is -2.21. The molecule has 0 bridgehead atoms. The molecule has 4 N–H and O–H groups in total. The summed E-state index contributed by atoms with van der Waals surface area (Å²) in [6.45, 7) is 14.0. The first-order valence-electron chi connectivity index (χ1n) is 15.2. The monoisotopic (exact) mass is 664 g/mol. The molecule has 12 nitrogen and oxygen atoms in total. The van der Waals surface area contributed by atoms with Crippen molar-refractivity contribution in [3.63, 3.8) is 0 Å². The second kappa shape index (κ2) is 15.4. The van der Waals surface area contributed by atoms with E-state index >= 15 is 0 Å². The molecule has 0 heterocycles. The summed E-state index contributed by atoms with van der Waals surface area (Å²) in [5.41, 5.74) is -1.59. The Bertz CT molecular complexity index is 1590. The number of carbonyl (C=O) groups is 4. The van der Waals surface area contributed by atoms with Crippen LogP contribution in [0.4, 0.5) is 0 Å². The molecular weight excluding hydrogens is 624 g/mol. The zero-order chi connectivity index (χ0) is 36.0. The second-order valence-electron chi connectivity index (χ2n) is 11.8. The van der Waals surface area contributed by atoms with Gasteiger partial charge in [-0.3, -0.25) is 0 Å². The van der Waals surface area contributed by atoms with E-state index in [9.17, 15) is 39.6 Å². The summed E-state index contributed by atoms with van der Waals surface area (Å²) in [6, 6.07) is 13.7. The Kier molecular flexibility index (Phi) is 11.8. The van der Waals surface area contributed by atoms with Gasteiger partial charge in [0.15, 0.2) is 0 Å². The van der Waals surface area contributed by atoms with Gasteiger partial charge in [0, 0.05) is 21.5 Å². The highest BCUT2D eigenvalue weighted by molar-refractivity contribution is 6.15. The summed E-state index contributed by atoms with van der Waals surface area (Å²) >= 11 is 0. The zero-order valence-electron chi connectivity index (χ0n) is 28.0. The van der Waals surface area contributed by atoms with Crippen LogP contribution in [0.25, 0.3) is 21.5 Å². The Balaban J connectivity index is 0.000000260. The summed E-state index contributed by atoms with van der Waals surface area (Å²) in [5.74, 6) is -5.32. The van der Waals surface area contributed by atoms with Crippen molar-refractivity contribution < 1.29 is 58.6 Å². The van der Waals surface area contributed by atoms with Gasteiger partial charge in [-0.05, 0) is 55.4 Å². The van der Waals surface area contributed by atoms with E-state index in [4.69, 9.17) is 18.9 Å². The summed E-state index contributed by atoms with van der Waals surface area (Å²) in [5, 5.41) is 40.5. The Labute approximate surface area is 277 Å². The van der Waals surface area contributed by atoms with Gasteiger partial charge in [-0.1, -0.05) is 48.5 Å². The highest BCUT2D eigenvalue weighted by Crippen LogP contribution is 2.43. The molecule has 0 aromatic heterocycles. The number of ether oxygens (including phenoxy) is 4. The number of hydrogen-bond donors (Lipinski definition) is 4. The van der Waals surface area contributed by atoms with E-state index in [1.807, 2.05) is 0 Å². The molecule has 0 aliphatic heterocycles. The Hall–Kier alpha value is -5.52. The first-order chi connectivity index (χ1) is 22.5. The van der Waals surface area contributed by atoms with Crippen LogP contribution in [0.2, 0.25) is 0 Å². The highest BCUT2D eigenvalue weighted by Gasteiger charge is 2.32. The number of fused-ring (bicyclic) bond motifs is 2. The third kappa shape index (κ3) is 8.06. The molecule has 0 fully saturated rings. The van der Waals surface area contributed by atoms with E-state index < -0.39 is 46.1 Å². The molecule has 0 saturated heterocycles. The van der Waals surface area contributed by atoms with Crippen molar-refractivity contribution in [1.29, 1.82) is 0 Å². The minimum Gasteiger partial charge on any atom is -0.489 e. The third-order valence-electron chi connectivity index (χ3n) is 6.51. The van der Waals surface area contributed by atoms with Gasteiger partial charge in [0.25, 0.3) is 0 Å². The van der Waals surface area contributed by atoms with E-state index in [2.05, 4.69) is 0 Å². The van der Waals surface area contributed by atoms with Gasteiger partial charge >= 0.3 is 23.9 Å². The van der Waals surface area contributed by atoms with Gasteiger partial charge in [0.2, 0.25) is 0 Å². The topological polar surface area (TPSA) is 186 Å². The standard InChI is InChI=1S/2C18H20O6/c2*1-9(2)23-15-11-7-5-6-8-12(11)16(24-10(3)4)14(18(21)22)13(15)17(19)20/h2*5-10H,1-4H3,(H,19,20)(H,21,22). The lowest BCUT2D eigenvalue weighted by atomic mass is 9.97. The molecule has 0 saturated carbocycles. The number of benzene rings is 4. The van der Waals surface area contributed by atoms with E-state index in [1.54, 1.807) is 104 Å². The smallest absolute Gasteiger partial charge is 0.340 e. The zero-order valence-corrected chi connectivity index (χ0v) is 28.0. The van der Waals surface area contributed by atoms with Crippen LogP contribution in [0.3, 0.4) is 0 Å². The number of hydrogen-bond acceptors (Lipinski definition) is 8. The van der Waals surface area contributed by atoms with Crippen molar-refractivity contribution in [3.8, 4) is 23.0 Å². The lowest BCUT2D eigenvalue weighted by molar-refractivity contribution is 0.0640. The van der Waals surface area contributed by atoms with Crippen LogP contribution in [0.1, 0.15) is 96.8 Å². The molecule has 0 radical (unpaired) electrons. The summed E-state index contributed by atoms with van der Waals surface area (Å²) in [6.07, 6.45) is -1.26. The first-order valence-corrected chi connectivity index (χ1v) is 15.2. The van der Waals surface area contributed by atoms with Crippen molar-refractivity contribution in [2.75, 3.05) is 0 Å². The van der Waals surface area contributed by atoms with Crippen molar-refractivity contribution in [2.24, 2.45) is 0 Å². The molecule has 48 heavy (non-hydrogen) atoms. The Morgan fingerprint density at radius 2 is 0.562 bits per heavy atom. The molecule has 4 rings (SSSR count). The van der Waals surface area contributed by atoms with Gasteiger partial charge in [-0.25, -0.2) is 19.2 Å². The molecule has 0 atom stereocenters. The van der Waals surface area contributed by atoms with E-state index in [-0.39, 0.29) is 47.4 Å². The summed E-state index contributed by atoms with van der Waals surface area (Å²) < 4.78 is 22.7. The molecule has 256 valence electrons. The first kappa shape index (κ1) is 36.9. The number of rotatable bonds is 12. The summed E-state index contributed by atoms with van der Waals surface area (Å²) in [4.78, 5) is 47.2. The maximum Gasteiger partial charge on any atom is 0.340 e. The largest absolute Gasteiger partial charge is 0.489 e. The molecule has 0 amide bonds. The summed E-state index contributed by atoms with van der Waals surface area (Å²) in [7, 11) is 0. The molecule has 4 aromatic carbocycles. The number of carboxylic acid groups (broad SMARTS) is 4. The maximum atomic E-state index is 11.8. The van der Waals surface area contributed by atoms with Crippen molar-refractivity contribution >= 4 is 45.4 Å². The quantitative estimate of drug-likeness (QED) is 0.116. The molecular formula is C36H40O12. The van der Waals surface area contributed by atoms with Gasteiger partial charge in [0.05, 0.1) is 24.4 Å². The Morgan fingerprint density at radius 1 is 0.396 bits per heavy atom. The maximum absolute atomic E-state index is 11.8. The Morgan fingerprint density at radius 3 is 0.688 bits per heavy atom. The van der Waals surface area contributed by atoms with Crippen molar-refractivity contribution in [3.05, 3.63) is 70.8 Å². The van der Waals surface area contributed by atoms with Gasteiger partial charge < -0.3 is 39.4 Å². The normalized spacial score (nSPS) is 11.1. The number of aromatic carboxylic acids is 4. The van der Waals surface area contributed by atoms with E-state index in [1.165, 1.54) is 0 Å². The van der Waals surface area contributed by atoms with E-state index in [0.29, 0.717) is 21.5 Å². The molecule has 4 aromatic rings. The van der Waals surface area contributed by atoms with Crippen molar-refractivity contribution in [2.45, 2.75) is 79.8 Å². The van der Waals surface area contributed by atoms with Gasteiger partial charge in [-0.15, -0.1) is 0 Å². The fourth-order valence-corrected chi connectivity index (χ4v) is 5.00. The van der Waals surface area contributed by atoms with Crippen molar-refractivity contribution in [1.82, 2.24) is 0 Å². The molecule has 0 aliphatic rings. The minimum absolute atomic E-state index is 0.0432. The van der Waals surface area contributed by atoms with Crippen LogP contribution in [0.15, 0.2) is 48.5 Å². The van der Waals surface area contributed by atoms with Crippen LogP contribution < -0.4 is 18.9 Å².